The number of benzene rings is 2. The van der Waals surface area contributed by atoms with E-state index in [4.69, 9.17) is 4.74 Å². The first kappa shape index (κ1) is 19.3. The molecule has 0 atom stereocenters. The number of carbonyl (C=O) groups is 1. The van der Waals surface area contributed by atoms with E-state index in [9.17, 15) is 4.79 Å². The maximum Gasteiger partial charge on any atom is 0.412 e. The summed E-state index contributed by atoms with van der Waals surface area (Å²) in [6, 6.07) is 16.5. The van der Waals surface area contributed by atoms with E-state index in [1.165, 1.54) is 29.7 Å². The molecule has 0 spiro atoms. The highest BCUT2D eigenvalue weighted by molar-refractivity contribution is 5.71. The molecule has 0 saturated carbocycles. The molecule has 4 heteroatoms. The van der Waals surface area contributed by atoms with Crippen LogP contribution >= 0.6 is 0 Å². The second-order valence-electron chi connectivity index (χ2n) is 7.18. The van der Waals surface area contributed by atoms with Crippen LogP contribution in [0, 0.1) is 0 Å². The number of anilines is 1. The first-order valence-electron chi connectivity index (χ1n) is 10.1. The van der Waals surface area contributed by atoms with Crippen LogP contribution in [0.15, 0.2) is 48.5 Å². The van der Waals surface area contributed by atoms with Gasteiger partial charge in [0.05, 0.1) is 0 Å². The minimum Gasteiger partial charge on any atom is -0.410 e. The number of fused-ring (bicyclic) bond motifs is 1. The SMILES string of the molecule is CCCCCCNC(=O)Oc1ccc2c(c1)N(Cc1ccccc1)CCC2.[HH]. The van der Waals surface area contributed by atoms with E-state index >= 15 is 0 Å². The predicted molar refractivity (Wildman–Crippen MR) is 113 cm³/mol. The lowest BCUT2D eigenvalue weighted by molar-refractivity contribution is 0.200. The number of nitrogens with one attached hydrogen (secondary N) is 1. The zero-order chi connectivity index (χ0) is 18.9. The standard InChI is InChI=1S/C23H30N2O2.H2/c1-2-3-4-8-15-24-23(26)27-21-14-13-20-12-9-16-25(22(20)17-21)18-19-10-6-5-7-11-19;/h5-7,10-11,13-14,17H,2-4,8-9,12,15-16,18H2,1H3,(H,24,26);1H. The Labute approximate surface area is 164 Å². The number of amides is 1. The maximum absolute atomic E-state index is 12.0. The molecule has 2 aromatic carbocycles. The molecule has 1 heterocycles. The number of carbonyl (C=O) groups excluding carboxylic acids is 1. The van der Waals surface area contributed by atoms with Gasteiger partial charge in [0.15, 0.2) is 0 Å². The highest BCUT2D eigenvalue weighted by atomic mass is 16.6. The van der Waals surface area contributed by atoms with Crippen molar-refractivity contribution in [3.8, 4) is 5.75 Å². The van der Waals surface area contributed by atoms with Crippen LogP contribution in [0.1, 0.15) is 51.6 Å². The Bertz CT molecular complexity index is 737. The monoisotopic (exact) mass is 368 g/mol. The number of hydrogen-bond acceptors (Lipinski definition) is 3. The first-order chi connectivity index (χ1) is 13.3. The highest BCUT2D eigenvalue weighted by Crippen LogP contribution is 2.32. The van der Waals surface area contributed by atoms with Gasteiger partial charge in [0.1, 0.15) is 5.75 Å². The zero-order valence-electron chi connectivity index (χ0n) is 16.2. The summed E-state index contributed by atoms with van der Waals surface area (Å²) in [5.74, 6) is 0.611. The lowest BCUT2D eigenvalue weighted by Gasteiger charge is -2.31. The van der Waals surface area contributed by atoms with Gasteiger partial charge in [-0.15, -0.1) is 0 Å². The summed E-state index contributed by atoms with van der Waals surface area (Å²) < 4.78 is 5.51. The Balaban J connectivity index is 0.00000280. The van der Waals surface area contributed by atoms with Crippen LogP contribution in [0.4, 0.5) is 10.5 Å². The molecule has 0 unspecified atom stereocenters. The van der Waals surface area contributed by atoms with Gasteiger partial charge in [-0.2, -0.15) is 0 Å². The quantitative estimate of drug-likeness (QED) is 0.621. The normalized spacial score (nSPS) is 13.1. The molecular formula is C23H32N2O2. The third kappa shape index (κ3) is 5.75. The summed E-state index contributed by atoms with van der Waals surface area (Å²) in [6.45, 7) is 4.75. The van der Waals surface area contributed by atoms with Crippen LogP contribution in [0.3, 0.4) is 0 Å². The third-order valence-electron chi connectivity index (χ3n) is 5.00. The average molecular weight is 369 g/mol. The lowest BCUT2D eigenvalue weighted by atomic mass is 10.0. The van der Waals surface area contributed by atoms with Gasteiger partial charge in [-0.05, 0) is 36.5 Å². The minimum absolute atomic E-state index is 0. The number of rotatable bonds is 8. The molecule has 146 valence electrons. The van der Waals surface area contributed by atoms with Gasteiger partial charge < -0.3 is 15.0 Å². The summed E-state index contributed by atoms with van der Waals surface area (Å²) in [5, 5.41) is 2.85. The molecule has 2 aromatic rings. The molecule has 0 aromatic heterocycles. The van der Waals surface area contributed by atoms with Crippen LogP contribution in [0.5, 0.6) is 5.75 Å². The Morgan fingerprint density at radius 2 is 2.00 bits per heavy atom. The molecule has 1 aliphatic heterocycles. The van der Waals surface area contributed by atoms with Crippen molar-refractivity contribution >= 4 is 11.8 Å². The molecule has 27 heavy (non-hydrogen) atoms. The van der Waals surface area contributed by atoms with Crippen LogP contribution in [-0.2, 0) is 13.0 Å². The molecule has 1 aliphatic rings. The van der Waals surface area contributed by atoms with Gasteiger partial charge in [0.25, 0.3) is 0 Å². The second kappa shape index (κ2) is 10.0. The average Bonchev–Trinajstić information content (AvgIpc) is 2.69. The number of aryl methyl sites for hydroxylation is 1. The fraction of sp³-hybridized carbons (Fsp3) is 0.435. The summed E-state index contributed by atoms with van der Waals surface area (Å²) in [5.41, 5.74) is 3.80. The van der Waals surface area contributed by atoms with E-state index in [2.05, 4.69) is 47.5 Å². The van der Waals surface area contributed by atoms with Crippen LogP contribution in [-0.4, -0.2) is 19.2 Å². The van der Waals surface area contributed by atoms with Crippen molar-refractivity contribution < 1.29 is 11.0 Å². The number of hydrogen-bond donors (Lipinski definition) is 1. The molecule has 0 fully saturated rings. The summed E-state index contributed by atoms with van der Waals surface area (Å²) in [6.07, 6.45) is 6.40. The van der Waals surface area contributed by atoms with Gasteiger partial charge in [0, 0.05) is 32.8 Å². The Kier molecular flexibility index (Phi) is 7.14. The summed E-state index contributed by atoms with van der Waals surface area (Å²) in [7, 11) is 0. The van der Waals surface area contributed by atoms with E-state index in [1.807, 2.05) is 18.2 Å². The summed E-state index contributed by atoms with van der Waals surface area (Å²) in [4.78, 5) is 14.4. The van der Waals surface area contributed by atoms with E-state index in [1.54, 1.807) is 0 Å². The predicted octanol–water partition coefficient (Wildman–Crippen LogP) is 5.55. The fourth-order valence-corrected chi connectivity index (χ4v) is 3.55. The largest absolute Gasteiger partial charge is 0.412 e. The molecule has 1 N–H and O–H groups in total. The van der Waals surface area contributed by atoms with Crippen LogP contribution < -0.4 is 15.0 Å². The summed E-state index contributed by atoms with van der Waals surface area (Å²) >= 11 is 0. The number of ether oxygens (including phenoxy) is 1. The van der Waals surface area contributed by atoms with E-state index in [0.29, 0.717) is 12.3 Å². The van der Waals surface area contributed by atoms with Crippen molar-refractivity contribution in [3.63, 3.8) is 0 Å². The van der Waals surface area contributed by atoms with Gasteiger partial charge >= 0.3 is 6.09 Å². The molecule has 0 aliphatic carbocycles. The Hall–Kier alpha value is -2.49. The van der Waals surface area contributed by atoms with E-state index in [0.717, 1.165) is 38.8 Å². The molecule has 0 bridgehead atoms. The van der Waals surface area contributed by atoms with Crippen molar-refractivity contribution in [2.45, 2.75) is 52.0 Å². The molecule has 0 saturated heterocycles. The number of nitrogens with zero attached hydrogens (tertiary/aromatic N) is 1. The van der Waals surface area contributed by atoms with Gasteiger partial charge in [-0.3, -0.25) is 0 Å². The van der Waals surface area contributed by atoms with E-state index in [-0.39, 0.29) is 7.52 Å². The lowest BCUT2D eigenvalue weighted by Crippen LogP contribution is -2.30. The number of unbranched alkanes of at least 4 members (excludes halogenated alkanes) is 3. The molecule has 3 rings (SSSR count). The maximum atomic E-state index is 12.0. The Morgan fingerprint density at radius 1 is 1.15 bits per heavy atom. The fourth-order valence-electron chi connectivity index (χ4n) is 3.55. The van der Waals surface area contributed by atoms with Gasteiger partial charge in [-0.1, -0.05) is 62.6 Å². The first-order valence-corrected chi connectivity index (χ1v) is 10.1. The van der Waals surface area contributed by atoms with E-state index < -0.39 is 0 Å². The van der Waals surface area contributed by atoms with Gasteiger partial charge in [0.2, 0.25) is 0 Å². The molecule has 4 nitrogen and oxygen atoms in total. The zero-order valence-corrected chi connectivity index (χ0v) is 16.2. The second-order valence-corrected chi connectivity index (χ2v) is 7.18. The van der Waals surface area contributed by atoms with Gasteiger partial charge in [-0.25, -0.2) is 4.79 Å². The van der Waals surface area contributed by atoms with Crippen molar-refractivity contribution in [2.75, 3.05) is 18.0 Å². The Morgan fingerprint density at radius 3 is 2.81 bits per heavy atom. The van der Waals surface area contributed by atoms with Crippen molar-refractivity contribution in [3.05, 3.63) is 59.7 Å². The molecule has 0 radical (unpaired) electrons. The van der Waals surface area contributed by atoms with Crippen molar-refractivity contribution in [1.82, 2.24) is 5.32 Å². The molecular weight excluding hydrogens is 336 g/mol. The smallest absolute Gasteiger partial charge is 0.410 e. The third-order valence-corrected chi connectivity index (χ3v) is 5.00. The van der Waals surface area contributed by atoms with Crippen LogP contribution in [0.2, 0.25) is 0 Å². The minimum atomic E-state index is -0.364. The van der Waals surface area contributed by atoms with Crippen molar-refractivity contribution in [2.24, 2.45) is 0 Å². The van der Waals surface area contributed by atoms with Crippen molar-refractivity contribution in [1.29, 1.82) is 0 Å². The molecule has 1 amide bonds. The highest BCUT2D eigenvalue weighted by Gasteiger charge is 2.18. The van der Waals surface area contributed by atoms with Crippen LogP contribution in [0.25, 0.3) is 0 Å². The topological polar surface area (TPSA) is 41.6 Å².